The number of hydrogen-bond acceptors (Lipinski definition) is 3. The summed E-state index contributed by atoms with van der Waals surface area (Å²) in [7, 11) is 0. The van der Waals surface area contributed by atoms with E-state index in [0.29, 0.717) is 23.7 Å². The van der Waals surface area contributed by atoms with Gasteiger partial charge in [-0.05, 0) is 42.7 Å². The number of anilines is 1. The fraction of sp³-hybridized carbons (Fsp3) is 0.640. The summed E-state index contributed by atoms with van der Waals surface area (Å²) in [5.74, 6) is 1.37. The van der Waals surface area contributed by atoms with Gasteiger partial charge in [-0.2, -0.15) is 0 Å². The molecule has 0 spiro atoms. The van der Waals surface area contributed by atoms with Crippen molar-refractivity contribution >= 4 is 11.6 Å². The molecule has 29 heavy (non-hydrogen) atoms. The van der Waals surface area contributed by atoms with Crippen LogP contribution in [0.3, 0.4) is 0 Å². The minimum Gasteiger partial charge on any atom is -0.369 e. The Hall–Kier alpha value is -1.81. The van der Waals surface area contributed by atoms with E-state index in [1.807, 2.05) is 6.92 Å². The topological polar surface area (TPSA) is 35.6 Å². The van der Waals surface area contributed by atoms with Crippen LogP contribution in [0.1, 0.15) is 58.4 Å². The molecule has 0 saturated carbocycles. The van der Waals surface area contributed by atoms with Crippen molar-refractivity contribution in [3.8, 4) is 0 Å². The predicted molar refractivity (Wildman–Crippen MR) is 122 cm³/mol. The molecule has 0 bridgehead atoms. The molecule has 3 rings (SSSR count). The lowest BCUT2D eigenvalue weighted by Crippen LogP contribution is -2.47. The van der Waals surface area contributed by atoms with Gasteiger partial charge in [-0.1, -0.05) is 51.1 Å². The first kappa shape index (κ1) is 21.9. The average Bonchev–Trinajstić information content (AvgIpc) is 2.72. The van der Waals surface area contributed by atoms with Gasteiger partial charge in [0.25, 0.3) is 0 Å². The van der Waals surface area contributed by atoms with Crippen molar-refractivity contribution in [3.05, 3.63) is 42.0 Å². The molecule has 1 saturated heterocycles. The number of piperazine rings is 1. The lowest BCUT2D eigenvalue weighted by Gasteiger charge is -2.38. The van der Waals surface area contributed by atoms with Gasteiger partial charge in [0.1, 0.15) is 0 Å². The van der Waals surface area contributed by atoms with E-state index in [2.05, 4.69) is 72.3 Å². The van der Waals surface area contributed by atoms with Gasteiger partial charge in [-0.15, -0.1) is 0 Å². The Bertz CT molecular complexity index is 698. The third kappa shape index (κ3) is 5.85. The monoisotopic (exact) mass is 397 g/mol. The SMILES string of the molecule is CCNC(=O)CCN1CCN(c2ccccc2C2C=CC(C(C)(C)C)CC2)CC1. The number of rotatable bonds is 6. The Balaban J connectivity index is 1.60. The van der Waals surface area contributed by atoms with Crippen LogP contribution in [0.4, 0.5) is 5.69 Å². The van der Waals surface area contributed by atoms with Gasteiger partial charge >= 0.3 is 0 Å². The van der Waals surface area contributed by atoms with Gasteiger partial charge in [-0.25, -0.2) is 0 Å². The molecule has 4 nitrogen and oxygen atoms in total. The maximum absolute atomic E-state index is 11.7. The number of nitrogens with one attached hydrogen (secondary N) is 1. The third-order valence-electron chi connectivity index (χ3n) is 6.56. The van der Waals surface area contributed by atoms with E-state index in [0.717, 1.165) is 39.3 Å². The molecule has 1 aromatic carbocycles. The van der Waals surface area contributed by atoms with Crippen LogP contribution in [0.15, 0.2) is 36.4 Å². The zero-order chi connectivity index (χ0) is 20.9. The summed E-state index contributed by atoms with van der Waals surface area (Å²) >= 11 is 0. The fourth-order valence-corrected chi connectivity index (χ4v) is 4.65. The van der Waals surface area contributed by atoms with E-state index in [1.54, 1.807) is 0 Å². The van der Waals surface area contributed by atoms with Crippen molar-refractivity contribution in [2.45, 2.75) is 52.9 Å². The maximum Gasteiger partial charge on any atom is 0.221 e. The molecule has 1 fully saturated rings. The normalized spacial score (nSPS) is 23.2. The van der Waals surface area contributed by atoms with Crippen LogP contribution >= 0.6 is 0 Å². The fourth-order valence-electron chi connectivity index (χ4n) is 4.65. The second-order valence-corrected chi connectivity index (χ2v) is 9.63. The van der Waals surface area contributed by atoms with E-state index in [4.69, 9.17) is 0 Å². The highest BCUT2D eigenvalue weighted by Crippen LogP contribution is 2.41. The minimum absolute atomic E-state index is 0.165. The molecule has 160 valence electrons. The standard InChI is InChI=1S/C25H39N3O/c1-5-26-24(29)14-15-27-16-18-28(19-17-27)23-9-7-6-8-22(23)20-10-12-21(13-11-20)25(2,3)4/h6-10,12,20-21H,5,11,13-19H2,1-4H3,(H,26,29). The summed E-state index contributed by atoms with van der Waals surface area (Å²) in [4.78, 5) is 16.7. The number of allylic oxidation sites excluding steroid dienone is 2. The number of benzene rings is 1. The van der Waals surface area contributed by atoms with Crippen LogP contribution in [0.2, 0.25) is 0 Å². The lowest BCUT2D eigenvalue weighted by molar-refractivity contribution is -0.121. The van der Waals surface area contributed by atoms with Crippen LogP contribution < -0.4 is 10.2 Å². The van der Waals surface area contributed by atoms with Crippen molar-refractivity contribution in [1.29, 1.82) is 0 Å². The van der Waals surface area contributed by atoms with Crippen LogP contribution in [0.25, 0.3) is 0 Å². The molecule has 1 heterocycles. The molecular weight excluding hydrogens is 358 g/mol. The van der Waals surface area contributed by atoms with Crippen molar-refractivity contribution in [3.63, 3.8) is 0 Å². The molecule has 4 heteroatoms. The number of carbonyl (C=O) groups is 1. The highest BCUT2D eigenvalue weighted by Gasteiger charge is 2.28. The minimum atomic E-state index is 0.165. The Kier molecular flexibility index (Phi) is 7.39. The summed E-state index contributed by atoms with van der Waals surface area (Å²) in [6.07, 6.45) is 8.03. The number of carbonyl (C=O) groups excluding carboxylic acids is 1. The molecule has 0 radical (unpaired) electrons. The van der Waals surface area contributed by atoms with E-state index < -0.39 is 0 Å². The van der Waals surface area contributed by atoms with Gasteiger partial charge in [0, 0.05) is 57.3 Å². The van der Waals surface area contributed by atoms with E-state index in [1.165, 1.54) is 24.1 Å². The van der Waals surface area contributed by atoms with Crippen molar-refractivity contribution in [2.24, 2.45) is 11.3 Å². The number of amides is 1. The molecule has 2 unspecified atom stereocenters. The van der Waals surface area contributed by atoms with E-state index in [9.17, 15) is 4.79 Å². The molecule has 1 aliphatic heterocycles. The molecular formula is C25H39N3O. The Labute approximate surface area is 177 Å². The zero-order valence-electron chi connectivity index (χ0n) is 18.8. The first-order chi connectivity index (χ1) is 13.9. The summed E-state index contributed by atoms with van der Waals surface area (Å²) < 4.78 is 0. The molecule has 2 atom stereocenters. The van der Waals surface area contributed by atoms with Crippen molar-refractivity contribution in [1.82, 2.24) is 10.2 Å². The first-order valence-electron chi connectivity index (χ1n) is 11.4. The second kappa shape index (κ2) is 9.80. The highest BCUT2D eigenvalue weighted by atomic mass is 16.1. The molecule has 0 aromatic heterocycles. The van der Waals surface area contributed by atoms with Gasteiger partial charge in [-0.3, -0.25) is 9.69 Å². The summed E-state index contributed by atoms with van der Waals surface area (Å²) in [6, 6.07) is 8.97. The lowest BCUT2D eigenvalue weighted by atomic mass is 9.72. The number of para-hydroxylation sites is 1. The molecule has 2 aliphatic rings. The van der Waals surface area contributed by atoms with Gasteiger partial charge < -0.3 is 10.2 Å². The van der Waals surface area contributed by atoms with Crippen molar-refractivity contribution < 1.29 is 4.79 Å². The summed E-state index contributed by atoms with van der Waals surface area (Å²) in [6.45, 7) is 14.7. The van der Waals surface area contributed by atoms with E-state index in [-0.39, 0.29) is 5.91 Å². The second-order valence-electron chi connectivity index (χ2n) is 9.63. The van der Waals surface area contributed by atoms with Gasteiger partial charge in [0.2, 0.25) is 5.91 Å². The zero-order valence-corrected chi connectivity index (χ0v) is 18.8. The summed E-state index contributed by atoms with van der Waals surface area (Å²) in [5, 5.41) is 2.89. The average molecular weight is 398 g/mol. The Morgan fingerprint density at radius 2 is 1.79 bits per heavy atom. The van der Waals surface area contributed by atoms with Crippen LogP contribution in [-0.4, -0.2) is 50.1 Å². The predicted octanol–water partition coefficient (Wildman–Crippen LogP) is 4.43. The molecule has 1 aromatic rings. The summed E-state index contributed by atoms with van der Waals surface area (Å²) in [5.41, 5.74) is 3.23. The van der Waals surface area contributed by atoms with Crippen LogP contribution in [0.5, 0.6) is 0 Å². The van der Waals surface area contributed by atoms with Crippen LogP contribution in [0, 0.1) is 11.3 Å². The molecule has 1 N–H and O–H groups in total. The molecule has 1 aliphatic carbocycles. The third-order valence-corrected chi connectivity index (χ3v) is 6.56. The van der Waals surface area contributed by atoms with Gasteiger partial charge in [0.15, 0.2) is 0 Å². The highest BCUT2D eigenvalue weighted by molar-refractivity contribution is 5.75. The first-order valence-corrected chi connectivity index (χ1v) is 11.4. The Morgan fingerprint density at radius 1 is 1.07 bits per heavy atom. The van der Waals surface area contributed by atoms with E-state index >= 15 is 0 Å². The van der Waals surface area contributed by atoms with Crippen LogP contribution in [-0.2, 0) is 4.79 Å². The largest absolute Gasteiger partial charge is 0.369 e. The quantitative estimate of drug-likeness (QED) is 0.721. The smallest absolute Gasteiger partial charge is 0.221 e. The Morgan fingerprint density at radius 3 is 2.41 bits per heavy atom. The van der Waals surface area contributed by atoms with Crippen molar-refractivity contribution in [2.75, 3.05) is 44.2 Å². The van der Waals surface area contributed by atoms with Gasteiger partial charge in [0.05, 0.1) is 0 Å². The molecule has 1 amide bonds. The number of hydrogen-bond donors (Lipinski definition) is 1. The number of nitrogens with zero attached hydrogens (tertiary/aromatic N) is 2. The maximum atomic E-state index is 11.7.